The van der Waals surface area contributed by atoms with Crippen molar-refractivity contribution in [3.05, 3.63) is 0 Å². The molecule has 3 fully saturated rings. The van der Waals surface area contributed by atoms with Crippen LogP contribution in [0, 0.1) is 11.8 Å². The Kier molecular flexibility index (Phi) is 9.59. The molecule has 9 heteroatoms. The zero-order chi connectivity index (χ0) is 24.0. The average molecular weight is 486 g/mol. The van der Waals surface area contributed by atoms with Crippen LogP contribution < -0.4 is 10.8 Å². The van der Waals surface area contributed by atoms with Crippen molar-refractivity contribution in [2.75, 3.05) is 12.3 Å². The molecule has 0 spiro atoms. The first kappa shape index (κ1) is 26.4. The van der Waals surface area contributed by atoms with E-state index in [4.69, 9.17) is 4.84 Å². The SMILES string of the molecule is CCCN(C(=O)C1CCC(NC(=O)CC2CCC(S(=O)(=O)CC)CC2)CC1)C1CC(C)ON1. The molecule has 0 radical (unpaired) electrons. The van der Waals surface area contributed by atoms with E-state index in [1.165, 1.54) is 0 Å². The number of nitrogens with one attached hydrogen (secondary N) is 2. The monoisotopic (exact) mass is 485 g/mol. The van der Waals surface area contributed by atoms with Crippen LogP contribution in [0.3, 0.4) is 0 Å². The molecular weight excluding hydrogens is 442 g/mol. The van der Waals surface area contributed by atoms with Gasteiger partial charge in [0.05, 0.1) is 11.4 Å². The van der Waals surface area contributed by atoms with Gasteiger partial charge < -0.3 is 10.2 Å². The number of nitrogens with zero attached hydrogens (tertiary/aromatic N) is 1. The Labute approximate surface area is 199 Å². The van der Waals surface area contributed by atoms with Crippen molar-refractivity contribution in [2.24, 2.45) is 11.8 Å². The fraction of sp³-hybridized carbons (Fsp3) is 0.917. The Bertz CT molecular complexity index is 758. The van der Waals surface area contributed by atoms with Gasteiger partial charge >= 0.3 is 0 Å². The maximum Gasteiger partial charge on any atom is 0.227 e. The van der Waals surface area contributed by atoms with Crippen LogP contribution in [0.15, 0.2) is 0 Å². The molecule has 190 valence electrons. The van der Waals surface area contributed by atoms with E-state index in [1.807, 2.05) is 11.8 Å². The van der Waals surface area contributed by atoms with Crippen LogP contribution >= 0.6 is 0 Å². The van der Waals surface area contributed by atoms with Crippen molar-refractivity contribution in [1.29, 1.82) is 0 Å². The highest BCUT2D eigenvalue weighted by Crippen LogP contribution is 2.32. The number of hydrogen-bond donors (Lipinski definition) is 2. The van der Waals surface area contributed by atoms with E-state index < -0.39 is 9.84 Å². The van der Waals surface area contributed by atoms with Crippen LogP contribution in [0.2, 0.25) is 0 Å². The number of carbonyl (C=O) groups is 2. The van der Waals surface area contributed by atoms with Crippen LogP contribution in [0.5, 0.6) is 0 Å². The summed E-state index contributed by atoms with van der Waals surface area (Å²) in [5, 5.41) is 2.95. The largest absolute Gasteiger partial charge is 0.353 e. The molecule has 2 aliphatic carbocycles. The molecule has 1 aliphatic heterocycles. The number of sulfone groups is 1. The molecule has 0 aromatic rings. The van der Waals surface area contributed by atoms with Crippen LogP contribution in [0.25, 0.3) is 0 Å². The van der Waals surface area contributed by atoms with Gasteiger partial charge in [0.2, 0.25) is 11.8 Å². The van der Waals surface area contributed by atoms with E-state index in [0.717, 1.165) is 57.9 Å². The summed E-state index contributed by atoms with van der Waals surface area (Å²) in [5.41, 5.74) is 3.01. The third kappa shape index (κ3) is 7.15. The minimum absolute atomic E-state index is 0.0122. The second-order valence-electron chi connectivity index (χ2n) is 10.2. The molecule has 3 aliphatic rings. The van der Waals surface area contributed by atoms with Gasteiger partial charge in [-0.2, -0.15) is 5.48 Å². The molecule has 0 bridgehead atoms. The minimum Gasteiger partial charge on any atom is -0.353 e. The van der Waals surface area contributed by atoms with Crippen molar-refractivity contribution >= 4 is 21.7 Å². The second-order valence-corrected chi connectivity index (χ2v) is 12.8. The van der Waals surface area contributed by atoms with E-state index >= 15 is 0 Å². The maximum atomic E-state index is 13.2. The van der Waals surface area contributed by atoms with Crippen molar-refractivity contribution in [3.63, 3.8) is 0 Å². The number of hydrogen-bond acceptors (Lipinski definition) is 6. The molecule has 8 nitrogen and oxygen atoms in total. The van der Waals surface area contributed by atoms with Crippen LogP contribution in [0.4, 0.5) is 0 Å². The van der Waals surface area contributed by atoms with Crippen molar-refractivity contribution < 1.29 is 22.8 Å². The Morgan fingerprint density at radius 3 is 2.24 bits per heavy atom. The highest BCUT2D eigenvalue weighted by atomic mass is 32.2. The van der Waals surface area contributed by atoms with E-state index in [-0.39, 0.29) is 53.0 Å². The lowest BCUT2D eigenvalue weighted by Crippen LogP contribution is -2.49. The van der Waals surface area contributed by atoms with Gasteiger partial charge in [-0.05, 0) is 70.6 Å². The topological polar surface area (TPSA) is 105 Å². The summed E-state index contributed by atoms with van der Waals surface area (Å²) in [7, 11) is -2.97. The van der Waals surface area contributed by atoms with Crippen LogP contribution in [-0.4, -0.2) is 61.0 Å². The number of carbonyl (C=O) groups excluding carboxylic acids is 2. The van der Waals surface area contributed by atoms with Gasteiger partial charge in [0, 0.05) is 37.1 Å². The summed E-state index contributed by atoms with van der Waals surface area (Å²) >= 11 is 0. The standard InChI is InChI=1S/C24H43N3O5S/c1-4-14-27(22-15-17(3)32-26-22)24(29)19-8-10-20(11-9-19)25-23(28)16-18-6-12-21(13-7-18)33(30,31)5-2/h17-22,26H,4-16H2,1-3H3,(H,25,28). The molecule has 1 heterocycles. The lowest BCUT2D eigenvalue weighted by atomic mass is 9.84. The van der Waals surface area contributed by atoms with Crippen LogP contribution in [-0.2, 0) is 24.3 Å². The van der Waals surface area contributed by atoms with Gasteiger partial charge in [-0.1, -0.05) is 13.8 Å². The fourth-order valence-electron chi connectivity index (χ4n) is 5.66. The lowest BCUT2D eigenvalue weighted by Gasteiger charge is -2.35. The minimum atomic E-state index is -2.97. The van der Waals surface area contributed by atoms with Gasteiger partial charge in [0.1, 0.15) is 6.17 Å². The number of hydroxylamine groups is 1. The highest BCUT2D eigenvalue weighted by Gasteiger charge is 2.36. The molecule has 33 heavy (non-hydrogen) atoms. The Morgan fingerprint density at radius 1 is 1.03 bits per heavy atom. The summed E-state index contributed by atoms with van der Waals surface area (Å²) in [5.74, 6) is 0.764. The first-order valence-corrected chi connectivity index (χ1v) is 14.7. The predicted octanol–water partition coefficient (Wildman–Crippen LogP) is 2.92. The summed E-state index contributed by atoms with van der Waals surface area (Å²) in [6.07, 6.45) is 8.49. The molecule has 2 N–H and O–H groups in total. The van der Waals surface area contributed by atoms with Crippen molar-refractivity contribution in [2.45, 2.75) is 115 Å². The number of rotatable bonds is 9. The normalized spacial score (nSPS) is 32.9. The van der Waals surface area contributed by atoms with E-state index in [0.29, 0.717) is 19.3 Å². The zero-order valence-electron chi connectivity index (χ0n) is 20.6. The lowest BCUT2D eigenvalue weighted by molar-refractivity contribution is -0.141. The highest BCUT2D eigenvalue weighted by molar-refractivity contribution is 7.92. The molecule has 0 aromatic carbocycles. The van der Waals surface area contributed by atoms with Gasteiger partial charge in [0.25, 0.3) is 0 Å². The third-order valence-corrected chi connectivity index (χ3v) is 10.00. The molecule has 3 rings (SSSR count). The first-order valence-electron chi connectivity index (χ1n) is 13.0. The van der Waals surface area contributed by atoms with Gasteiger partial charge in [0.15, 0.2) is 9.84 Å². The van der Waals surface area contributed by atoms with E-state index in [2.05, 4.69) is 17.7 Å². The summed E-state index contributed by atoms with van der Waals surface area (Å²) in [6, 6.07) is 0.131. The fourth-order valence-corrected chi connectivity index (χ4v) is 7.12. The molecule has 2 saturated carbocycles. The number of amides is 2. The third-order valence-electron chi connectivity index (χ3n) is 7.70. The predicted molar refractivity (Wildman–Crippen MR) is 128 cm³/mol. The first-order chi connectivity index (χ1) is 15.7. The smallest absolute Gasteiger partial charge is 0.227 e. The summed E-state index contributed by atoms with van der Waals surface area (Å²) < 4.78 is 24.1. The molecule has 2 unspecified atom stereocenters. The quantitative estimate of drug-likeness (QED) is 0.520. The Balaban J connectivity index is 1.40. The van der Waals surface area contributed by atoms with E-state index in [1.54, 1.807) is 6.92 Å². The van der Waals surface area contributed by atoms with Crippen LogP contribution in [0.1, 0.15) is 91.4 Å². The van der Waals surface area contributed by atoms with E-state index in [9.17, 15) is 18.0 Å². The van der Waals surface area contributed by atoms with Gasteiger partial charge in [-0.25, -0.2) is 8.42 Å². The molecule has 2 amide bonds. The molecule has 1 saturated heterocycles. The summed E-state index contributed by atoms with van der Waals surface area (Å²) in [4.78, 5) is 33.2. The molecule has 0 aromatic heterocycles. The van der Waals surface area contributed by atoms with Gasteiger partial charge in [-0.15, -0.1) is 0 Å². The van der Waals surface area contributed by atoms with Crippen molar-refractivity contribution in [1.82, 2.24) is 15.7 Å². The molecular formula is C24H43N3O5S. The van der Waals surface area contributed by atoms with Crippen molar-refractivity contribution in [3.8, 4) is 0 Å². The van der Waals surface area contributed by atoms with Gasteiger partial charge in [-0.3, -0.25) is 14.4 Å². The Hall–Kier alpha value is -1.19. The molecule has 2 atom stereocenters. The zero-order valence-corrected chi connectivity index (χ0v) is 21.4. The Morgan fingerprint density at radius 2 is 1.70 bits per heavy atom. The second kappa shape index (κ2) is 12.0. The maximum absolute atomic E-state index is 13.2. The average Bonchev–Trinajstić information content (AvgIpc) is 3.23. The summed E-state index contributed by atoms with van der Waals surface area (Å²) in [6.45, 7) is 6.53.